The summed E-state index contributed by atoms with van der Waals surface area (Å²) < 4.78 is 4.89. The van der Waals surface area contributed by atoms with Gasteiger partial charge in [0, 0.05) is 6.54 Å². The Morgan fingerprint density at radius 3 is 2.79 bits per heavy atom. The summed E-state index contributed by atoms with van der Waals surface area (Å²) in [6.45, 7) is 4.53. The first-order chi connectivity index (χ1) is 8.97. The predicted octanol–water partition coefficient (Wildman–Crippen LogP) is 1.63. The van der Waals surface area contributed by atoms with Gasteiger partial charge in [-0.1, -0.05) is 13.3 Å². The van der Waals surface area contributed by atoms with Crippen molar-refractivity contribution in [3.05, 3.63) is 0 Å². The highest BCUT2D eigenvalue weighted by molar-refractivity contribution is 5.81. The molecule has 4 atom stereocenters. The fourth-order valence-electron chi connectivity index (χ4n) is 3.48. The number of nitrogens with two attached hydrogens (primary N) is 1. The molecule has 2 fully saturated rings. The largest absolute Gasteiger partial charge is 0.468 e. The molecule has 2 aliphatic rings. The van der Waals surface area contributed by atoms with E-state index in [4.69, 9.17) is 10.5 Å². The van der Waals surface area contributed by atoms with Crippen LogP contribution in [0.15, 0.2) is 0 Å². The summed E-state index contributed by atoms with van der Waals surface area (Å²) in [6.07, 6.45) is 5.24. The van der Waals surface area contributed by atoms with Gasteiger partial charge < -0.3 is 15.4 Å². The Balaban J connectivity index is 1.79. The fraction of sp³-hybridized carbons (Fsp3) is 0.933. The summed E-state index contributed by atoms with van der Waals surface area (Å²) in [5, 5.41) is 0. The van der Waals surface area contributed by atoms with Crippen molar-refractivity contribution >= 4 is 5.97 Å². The lowest BCUT2D eigenvalue weighted by Crippen LogP contribution is -2.52. The van der Waals surface area contributed by atoms with Crippen molar-refractivity contribution in [3.63, 3.8) is 0 Å². The van der Waals surface area contributed by atoms with Crippen LogP contribution in [0, 0.1) is 17.8 Å². The molecule has 0 radical (unpaired) electrons. The molecule has 2 aliphatic carbocycles. The Bertz CT molecular complexity index is 334. The van der Waals surface area contributed by atoms with Crippen molar-refractivity contribution < 1.29 is 9.53 Å². The Kier molecular flexibility index (Phi) is 4.51. The Hall–Kier alpha value is -0.610. The standard InChI is InChI=1S/C15H28N2O2/c1-11-9-12(11)10-17(2)8-6-13-5-4-7-15(13,16)14(18)19-3/h11-13H,4-10,16H2,1-3H3. The van der Waals surface area contributed by atoms with Crippen LogP contribution in [0.3, 0.4) is 0 Å². The second-order valence-electron chi connectivity index (χ2n) is 6.65. The smallest absolute Gasteiger partial charge is 0.326 e. The summed E-state index contributed by atoms with van der Waals surface area (Å²) in [5.74, 6) is 1.84. The van der Waals surface area contributed by atoms with Gasteiger partial charge in [-0.05, 0) is 57.0 Å². The van der Waals surface area contributed by atoms with E-state index in [1.165, 1.54) is 20.1 Å². The number of esters is 1. The first kappa shape index (κ1) is 14.8. The maximum absolute atomic E-state index is 11.9. The summed E-state index contributed by atoms with van der Waals surface area (Å²) >= 11 is 0. The normalized spacial score (nSPS) is 37.6. The van der Waals surface area contributed by atoms with Crippen molar-refractivity contribution in [1.29, 1.82) is 0 Å². The molecule has 0 spiro atoms. The highest BCUT2D eigenvalue weighted by Crippen LogP contribution is 2.39. The minimum atomic E-state index is -0.734. The van der Waals surface area contributed by atoms with Crippen LogP contribution in [-0.2, 0) is 9.53 Å². The zero-order valence-corrected chi connectivity index (χ0v) is 12.5. The maximum atomic E-state index is 11.9. The molecule has 4 nitrogen and oxygen atoms in total. The molecular formula is C15H28N2O2. The highest BCUT2D eigenvalue weighted by atomic mass is 16.5. The molecule has 2 rings (SSSR count). The van der Waals surface area contributed by atoms with Crippen LogP contribution in [0.1, 0.15) is 39.0 Å². The number of carbonyl (C=O) groups excluding carboxylic acids is 1. The van der Waals surface area contributed by atoms with Crippen molar-refractivity contribution in [2.75, 3.05) is 27.2 Å². The molecule has 19 heavy (non-hydrogen) atoms. The van der Waals surface area contributed by atoms with E-state index in [1.54, 1.807) is 0 Å². The van der Waals surface area contributed by atoms with Gasteiger partial charge in [-0.2, -0.15) is 0 Å². The second-order valence-corrected chi connectivity index (χ2v) is 6.65. The van der Waals surface area contributed by atoms with Gasteiger partial charge in [0.05, 0.1) is 7.11 Å². The Morgan fingerprint density at radius 1 is 1.53 bits per heavy atom. The lowest BCUT2D eigenvalue weighted by Gasteiger charge is -2.29. The molecule has 0 bridgehead atoms. The summed E-state index contributed by atoms with van der Waals surface area (Å²) in [6, 6.07) is 0. The molecule has 0 aromatic heterocycles. The average Bonchev–Trinajstić information content (AvgIpc) is 2.92. The Morgan fingerprint density at radius 2 is 2.21 bits per heavy atom. The third kappa shape index (κ3) is 3.29. The molecule has 4 unspecified atom stereocenters. The zero-order chi connectivity index (χ0) is 14.0. The molecule has 0 aliphatic heterocycles. The molecule has 4 heteroatoms. The molecule has 0 aromatic rings. The van der Waals surface area contributed by atoms with Gasteiger partial charge in [0.2, 0.25) is 0 Å². The molecule has 2 N–H and O–H groups in total. The number of nitrogens with zero attached hydrogens (tertiary/aromatic N) is 1. The number of hydrogen-bond donors (Lipinski definition) is 1. The van der Waals surface area contributed by atoms with E-state index in [1.807, 2.05) is 0 Å². The van der Waals surface area contributed by atoms with Crippen molar-refractivity contribution in [2.45, 2.75) is 44.6 Å². The predicted molar refractivity (Wildman–Crippen MR) is 75.7 cm³/mol. The van der Waals surface area contributed by atoms with E-state index >= 15 is 0 Å². The molecule has 2 saturated carbocycles. The first-order valence-electron chi connectivity index (χ1n) is 7.53. The van der Waals surface area contributed by atoms with Crippen LogP contribution >= 0.6 is 0 Å². The maximum Gasteiger partial charge on any atom is 0.326 e. The second kappa shape index (κ2) is 5.80. The first-order valence-corrected chi connectivity index (χ1v) is 7.53. The van der Waals surface area contributed by atoms with E-state index < -0.39 is 5.54 Å². The van der Waals surface area contributed by atoms with Gasteiger partial charge >= 0.3 is 5.97 Å². The van der Waals surface area contributed by atoms with Crippen LogP contribution in [0.4, 0.5) is 0 Å². The van der Waals surface area contributed by atoms with E-state index in [-0.39, 0.29) is 11.9 Å². The van der Waals surface area contributed by atoms with Crippen LogP contribution in [0.5, 0.6) is 0 Å². The summed E-state index contributed by atoms with van der Waals surface area (Å²) in [4.78, 5) is 14.3. The molecule has 0 aromatic carbocycles. The van der Waals surface area contributed by atoms with E-state index in [9.17, 15) is 4.79 Å². The van der Waals surface area contributed by atoms with Crippen LogP contribution in [0.2, 0.25) is 0 Å². The van der Waals surface area contributed by atoms with Crippen LogP contribution < -0.4 is 5.73 Å². The van der Waals surface area contributed by atoms with Gasteiger partial charge in [-0.15, -0.1) is 0 Å². The minimum absolute atomic E-state index is 0.228. The number of hydrogen-bond acceptors (Lipinski definition) is 4. The van der Waals surface area contributed by atoms with Gasteiger partial charge in [-0.25, -0.2) is 0 Å². The quantitative estimate of drug-likeness (QED) is 0.744. The van der Waals surface area contributed by atoms with E-state index in [2.05, 4.69) is 18.9 Å². The van der Waals surface area contributed by atoms with Crippen molar-refractivity contribution in [3.8, 4) is 0 Å². The molecule has 0 amide bonds. The number of rotatable bonds is 6. The van der Waals surface area contributed by atoms with E-state index in [0.717, 1.165) is 44.1 Å². The SMILES string of the molecule is COC(=O)C1(N)CCCC1CCN(C)CC1CC1C. The molecule has 110 valence electrons. The Labute approximate surface area is 116 Å². The minimum Gasteiger partial charge on any atom is -0.468 e. The monoisotopic (exact) mass is 268 g/mol. The van der Waals surface area contributed by atoms with Gasteiger partial charge in [-0.3, -0.25) is 4.79 Å². The van der Waals surface area contributed by atoms with Gasteiger partial charge in [0.25, 0.3) is 0 Å². The number of carbonyl (C=O) groups is 1. The molecule has 0 saturated heterocycles. The summed E-state index contributed by atoms with van der Waals surface area (Å²) in [7, 11) is 3.61. The fourth-order valence-corrected chi connectivity index (χ4v) is 3.48. The lowest BCUT2D eigenvalue weighted by atomic mass is 9.85. The molecular weight excluding hydrogens is 240 g/mol. The van der Waals surface area contributed by atoms with Crippen molar-refractivity contribution in [2.24, 2.45) is 23.5 Å². The van der Waals surface area contributed by atoms with Crippen molar-refractivity contribution in [1.82, 2.24) is 4.90 Å². The zero-order valence-electron chi connectivity index (χ0n) is 12.5. The van der Waals surface area contributed by atoms with Gasteiger partial charge in [0.15, 0.2) is 0 Å². The third-order valence-electron chi connectivity index (χ3n) is 5.12. The average molecular weight is 268 g/mol. The lowest BCUT2D eigenvalue weighted by molar-refractivity contribution is -0.148. The molecule has 0 heterocycles. The summed E-state index contributed by atoms with van der Waals surface area (Å²) in [5.41, 5.74) is 5.55. The van der Waals surface area contributed by atoms with Gasteiger partial charge in [0.1, 0.15) is 5.54 Å². The van der Waals surface area contributed by atoms with E-state index in [0.29, 0.717) is 0 Å². The number of ether oxygens (including phenoxy) is 1. The third-order valence-corrected chi connectivity index (χ3v) is 5.12. The topological polar surface area (TPSA) is 55.6 Å². The number of methoxy groups -OCH3 is 1. The van der Waals surface area contributed by atoms with Crippen LogP contribution in [-0.4, -0.2) is 43.7 Å². The highest BCUT2D eigenvalue weighted by Gasteiger charge is 2.46. The van der Waals surface area contributed by atoms with Crippen LogP contribution in [0.25, 0.3) is 0 Å².